The van der Waals surface area contributed by atoms with Gasteiger partial charge < -0.3 is 24.4 Å². The van der Waals surface area contributed by atoms with Gasteiger partial charge in [-0.3, -0.25) is 4.79 Å². The minimum absolute atomic E-state index is 0.231. The van der Waals surface area contributed by atoms with Crippen molar-refractivity contribution >= 4 is 28.9 Å². The van der Waals surface area contributed by atoms with Gasteiger partial charge in [-0.2, -0.15) is 0 Å². The average Bonchev–Trinajstić information content (AvgIpc) is 2.67. The number of anilines is 1. The molecule has 0 unspecified atom stereocenters. The molecule has 0 atom stereocenters. The Balaban J connectivity index is 1.55. The SMILES string of the molecule is COc1ccc(NC(=O)CO/N=C(/C)c2ccc3c(c2)OCCO3)cc1Cl. The van der Waals surface area contributed by atoms with Crippen molar-refractivity contribution in [1.29, 1.82) is 0 Å². The minimum Gasteiger partial charge on any atom is -0.495 e. The number of fused-ring (bicyclic) bond motifs is 1. The molecule has 0 aliphatic carbocycles. The molecule has 2 aromatic carbocycles. The zero-order chi connectivity index (χ0) is 19.2. The maximum absolute atomic E-state index is 12.0. The number of rotatable bonds is 6. The molecule has 8 heteroatoms. The second kappa shape index (κ2) is 8.64. The number of oxime groups is 1. The maximum Gasteiger partial charge on any atom is 0.265 e. The predicted octanol–water partition coefficient (Wildman–Crippen LogP) is 3.50. The van der Waals surface area contributed by atoms with Crippen molar-refractivity contribution in [3.63, 3.8) is 0 Å². The number of hydrogen-bond acceptors (Lipinski definition) is 6. The first-order valence-electron chi connectivity index (χ1n) is 8.27. The Morgan fingerprint density at radius 2 is 1.96 bits per heavy atom. The van der Waals surface area contributed by atoms with Crippen LogP contribution in [0, 0.1) is 0 Å². The Labute approximate surface area is 161 Å². The number of amides is 1. The monoisotopic (exact) mass is 390 g/mol. The van der Waals surface area contributed by atoms with E-state index in [0.29, 0.717) is 46.9 Å². The zero-order valence-electron chi connectivity index (χ0n) is 15.0. The molecule has 1 amide bonds. The number of carbonyl (C=O) groups excluding carboxylic acids is 1. The van der Waals surface area contributed by atoms with E-state index in [4.69, 9.17) is 30.6 Å². The number of nitrogens with one attached hydrogen (secondary N) is 1. The molecule has 0 fully saturated rings. The number of benzene rings is 2. The van der Waals surface area contributed by atoms with E-state index in [2.05, 4.69) is 10.5 Å². The Morgan fingerprint density at radius 3 is 2.70 bits per heavy atom. The van der Waals surface area contributed by atoms with Crippen LogP contribution in [0.5, 0.6) is 17.2 Å². The van der Waals surface area contributed by atoms with Crippen molar-refractivity contribution in [2.45, 2.75) is 6.92 Å². The van der Waals surface area contributed by atoms with Gasteiger partial charge in [-0.05, 0) is 43.3 Å². The first-order chi connectivity index (χ1) is 13.1. The molecular weight excluding hydrogens is 372 g/mol. The zero-order valence-corrected chi connectivity index (χ0v) is 15.7. The summed E-state index contributed by atoms with van der Waals surface area (Å²) in [5.41, 5.74) is 1.98. The van der Waals surface area contributed by atoms with Gasteiger partial charge in [0.1, 0.15) is 19.0 Å². The Kier molecular flexibility index (Phi) is 6.03. The molecule has 2 aromatic rings. The molecule has 0 radical (unpaired) electrons. The lowest BCUT2D eigenvalue weighted by Gasteiger charge is -2.18. The van der Waals surface area contributed by atoms with E-state index in [1.807, 2.05) is 18.2 Å². The van der Waals surface area contributed by atoms with Crippen LogP contribution in [0.4, 0.5) is 5.69 Å². The molecule has 0 spiro atoms. The Hall–Kier alpha value is -2.93. The standard InChI is InChI=1S/C19H19ClN2O5/c1-12(13-3-5-17-18(9-13)26-8-7-25-17)22-27-11-19(23)21-14-4-6-16(24-2)15(20)10-14/h3-6,9-10H,7-8,11H2,1-2H3,(H,21,23)/b22-12-. The van der Waals surface area contributed by atoms with Gasteiger partial charge in [0.05, 0.1) is 17.8 Å². The highest BCUT2D eigenvalue weighted by atomic mass is 35.5. The molecule has 3 rings (SSSR count). The summed E-state index contributed by atoms with van der Waals surface area (Å²) in [6.07, 6.45) is 0. The minimum atomic E-state index is -0.352. The van der Waals surface area contributed by atoms with Crippen molar-refractivity contribution in [1.82, 2.24) is 0 Å². The van der Waals surface area contributed by atoms with E-state index in [-0.39, 0.29) is 12.5 Å². The number of nitrogens with zero attached hydrogens (tertiary/aromatic N) is 1. The van der Waals surface area contributed by atoms with E-state index in [9.17, 15) is 4.79 Å². The fourth-order valence-corrected chi connectivity index (χ4v) is 2.71. The largest absolute Gasteiger partial charge is 0.495 e. The molecule has 0 aromatic heterocycles. The third-order valence-electron chi connectivity index (χ3n) is 3.79. The first kappa shape index (κ1) is 18.8. The van der Waals surface area contributed by atoms with E-state index >= 15 is 0 Å². The van der Waals surface area contributed by atoms with Crippen LogP contribution in [-0.2, 0) is 9.63 Å². The second-order valence-electron chi connectivity index (χ2n) is 5.71. The van der Waals surface area contributed by atoms with Gasteiger partial charge in [-0.15, -0.1) is 0 Å². The highest BCUT2D eigenvalue weighted by Gasteiger charge is 2.13. The van der Waals surface area contributed by atoms with Crippen LogP contribution >= 0.6 is 11.6 Å². The predicted molar refractivity (Wildman–Crippen MR) is 102 cm³/mol. The highest BCUT2D eigenvalue weighted by molar-refractivity contribution is 6.32. The lowest BCUT2D eigenvalue weighted by molar-refractivity contribution is -0.120. The fourth-order valence-electron chi connectivity index (χ4n) is 2.45. The van der Waals surface area contributed by atoms with Crippen LogP contribution in [0.3, 0.4) is 0 Å². The van der Waals surface area contributed by atoms with E-state index < -0.39 is 0 Å². The lowest BCUT2D eigenvalue weighted by Crippen LogP contribution is -2.17. The van der Waals surface area contributed by atoms with Gasteiger partial charge in [0.25, 0.3) is 5.91 Å². The van der Waals surface area contributed by atoms with Crippen LogP contribution in [0.1, 0.15) is 12.5 Å². The molecule has 142 valence electrons. The van der Waals surface area contributed by atoms with Gasteiger partial charge in [0.2, 0.25) is 0 Å². The molecule has 27 heavy (non-hydrogen) atoms. The molecule has 0 saturated heterocycles. The molecular formula is C19H19ClN2O5. The summed E-state index contributed by atoms with van der Waals surface area (Å²) in [7, 11) is 1.52. The third-order valence-corrected chi connectivity index (χ3v) is 4.09. The molecule has 1 heterocycles. The summed E-state index contributed by atoms with van der Waals surface area (Å²) < 4.78 is 16.1. The number of methoxy groups -OCH3 is 1. The molecule has 0 saturated carbocycles. The van der Waals surface area contributed by atoms with Crippen LogP contribution < -0.4 is 19.5 Å². The van der Waals surface area contributed by atoms with Crippen molar-refractivity contribution in [3.8, 4) is 17.2 Å². The van der Waals surface area contributed by atoms with Gasteiger partial charge in [-0.1, -0.05) is 16.8 Å². The van der Waals surface area contributed by atoms with Crippen LogP contribution in [0.25, 0.3) is 0 Å². The maximum atomic E-state index is 12.0. The van der Waals surface area contributed by atoms with E-state index in [1.165, 1.54) is 7.11 Å². The van der Waals surface area contributed by atoms with Crippen molar-refractivity contribution < 1.29 is 23.8 Å². The summed E-state index contributed by atoms with van der Waals surface area (Å²) in [6, 6.07) is 10.5. The van der Waals surface area contributed by atoms with Gasteiger partial charge in [-0.25, -0.2) is 0 Å². The molecule has 0 bridgehead atoms. The van der Waals surface area contributed by atoms with E-state index in [1.54, 1.807) is 25.1 Å². The number of carbonyl (C=O) groups is 1. The van der Waals surface area contributed by atoms with Crippen LogP contribution in [-0.4, -0.2) is 38.5 Å². The van der Waals surface area contributed by atoms with Gasteiger partial charge in [0.15, 0.2) is 18.1 Å². The highest BCUT2D eigenvalue weighted by Crippen LogP contribution is 2.31. The first-order valence-corrected chi connectivity index (χ1v) is 8.64. The van der Waals surface area contributed by atoms with Crippen molar-refractivity contribution in [2.24, 2.45) is 5.16 Å². The smallest absolute Gasteiger partial charge is 0.265 e. The fraction of sp³-hybridized carbons (Fsp3) is 0.263. The Bertz CT molecular complexity index is 869. The second-order valence-corrected chi connectivity index (χ2v) is 6.11. The summed E-state index contributed by atoms with van der Waals surface area (Å²) in [5.74, 6) is 1.55. The normalized spacial score (nSPS) is 13.1. The third kappa shape index (κ3) is 4.83. The summed E-state index contributed by atoms with van der Waals surface area (Å²) in [6.45, 7) is 2.61. The molecule has 1 N–H and O–H groups in total. The Morgan fingerprint density at radius 1 is 1.19 bits per heavy atom. The average molecular weight is 391 g/mol. The molecule has 1 aliphatic rings. The summed E-state index contributed by atoms with van der Waals surface area (Å²) in [5, 5.41) is 7.07. The summed E-state index contributed by atoms with van der Waals surface area (Å²) >= 11 is 6.03. The van der Waals surface area contributed by atoms with E-state index in [0.717, 1.165) is 5.56 Å². The lowest BCUT2D eigenvalue weighted by atomic mass is 10.1. The number of halogens is 1. The van der Waals surface area contributed by atoms with Crippen LogP contribution in [0.2, 0.25) is 5.02 Å². The van der Waals surface area contributed by atoms with Crippen molar-refractivity contribution in [3.05, 3.63) is 47.0 Å². The van der Waals surface area contributed by atoms with Gasteiger partial charge in [0, 0.05) is 11.3 Å². The van der Waals surface area contributed by atoms with Crippen LogP contribution in [0.15, 0.2) is 41.6 Å². The topological polar surface area (TPSA) is 78.4 Å². The van der Waals surface area contributed by atoms with Gasteiger partial charge >= 0.3 is 0 Å². The number of hydrogen-bond donors (Lipinski definition) is 1. The molecule has 7 nitrogen and oxygen atoms in total. The molecule has 1 aliphatic heterocycles. The summed E-state index contributed by atoms with van der Waals surface area (Å²) in [4.78, 5) is 17.1. The number of ether oxygens (including phenoxy) is 3. The quantitative estimate of drug-likeness (QED) is 0.603. The van der Waals surface area contributed by atoms with Crippen molar-refractivity contribution in [2.75, 3.05) is 32.2 Å².